The summed E-state index contributed by atoms with van der Waals surface area (Å²) >= 11 is 11.7. The van der Waals surface area contributed by atoms with Gasteiger partial charge in [0.2, 0.25) is 5.91 Å². The Morgan fingerprint density at radius 3 is 2.68 bits per heavy atom. The molecule has 7 heteroatoms. The third-order valence-corrected chi connectivity index (χ3v) is 5.39. The Morgan fingerprint density at radius 1 is 1.37 bits per heavy atom. The molecule has 0 radical (unpaired) electrons. The first-order valence-corrected chi connectivity index (χ1v) is 8.39. The van der Waals surface area contributed by atoms with E-state index in [9.17, 15) is 13.2 Å². The van der Waals surface area contributed by atoms with E-state index < -0.39 is 9.84 Å². The number of sulfone groups is 1. The highest BCUT2D eigenvalue weighted by Crippen LogP contribution is 2.27. The molecule has 1 aromatic carbocycles. The fraction of sp³-hybridized carbons (Fsp3) is 0.417. The average molecular weight is 322 g/mol. The zero-order chi connectivity index (χ0) is 14.0. The molecule has 19 heavy (non-hydrogen) atoms. The summed E-state index contributed by atoms with van der Waals surface area (Å²) in [5, 5.41) is 3.52. The first kappa shape index (κ1) is 14.6. The minimum Gasteiger partial charge on any atom is -0.325 e. The molecule has 1 aliphatic rings. The van der Waals surface area contributed by atoms with Gasteiger partial charge in [-0.3, -0.25) is 4.79 Å². The lowest BCUT2D eigenvalue weighted by molar-refractivity contribution is -0.116. The summed E-state index contributed by atoms with van der Waals surface area (Å²) in [6.07, 6.45) is 0.738. The summed E-state index contributed by atoms with van der Waals surface area (Å²) in [7, 11) is -2.95. The molecule has 1 aromatic rings. The summed E-state index contributed by atoms with van der Waals surface area (Å²) in [6.45, 7) is 0. The van der Waals surface area contributed by atoms with E-state index >= 15 is 0 Å². The number of halogens is 2. The molecule has 104 valence electrons. The van der Waals surface area contributed by atoms with E-state index in [2.05, 4.69) is 5.32 Å². The number of hydrogen-bond acceptors (Lipinski definition) is 3. The van der Waals surface area contributed by atoms with Gasteiger partial charge in [0, 0.05) is 11.4 Å². The van der Waals surface area contributed by atoms with Crippen LogP contribution in [-0.2, 0) is 14.6 Å². The number of anilines is 1. The molecule has 1 heterocycles. The fourth-order valence-electron chi connectivity index (χ4n) is 2.09. The molecular weight excluding hydrogens is 309 g/mol. The minimum absolute atomic E-state index is 0.0920. The van der Waals surface area contributed by atoms with Crippen molar-refractivity contribution in [3.05, 3.63) is 28.2 Å². The van der Waals surface area contributed by atoms with Crippen LogP contribution in [0.1, 0.15) is 12.8 Å². The SMILES string of the molecule is O=C(C[C@@H]1CCS(=O)(=O)C1)Nc1ccc(Cl)cc1Cl. The van der Waals surface area contributed by atoms with Gasteiger partial charge in [-0.05, 0) is 30.5 Å². The summed E-state index contributed by atoms with van der Waals surface area (Å²) < 4.78 is 22.6. The van der Waals surface area contributed by atoms with Crippen molar-refractivity contribution in [1.29, 1.82) is 0 Å². The van der Waals surface area contributed by atoms with Crippen molar-refractivity contribution in [3.8, 4) is 0 Å². The quantitative estimate of drug-likeness (QED) is 0.931. The molecule has 0 unspecified atom stereocenters. The summed E-state index contributed by atoms with van der Waals surface area (Å²) in [5.74, 6) is -0.0658. The number of carbonyl (C=O) groups is 1. The van der Waals surface area contributed by atoms with Crippen molar-refractivity contribution in [2.45, 2.75) is 12.8 Å². The first-order chi connectivity index (χ1) is 8.85. The smallest absolute Gasteiger partial charge is 0.224 e. The predicted octanol–water partition coefficient (Wildman–Crippen LogP) is 2.76. The largest absolute Gasteiger partial charge is 0.325 e. The lowest BCUT2D eigenvalue weighted by atomic mass is 10.1. The number of amides is 1. The van der Waals surface area contributed by atoms with Gasteiger partial charge >= 0.3 is 0 Å². The summed E-state index contributed by atoms with van der Waals surface area (Å²) in [5.41, 5.74) is 0.483. The van der Waals surface area contributed by atoms with Crippen LogP contribution in [0, 0.1) is 5.92 Å². The normalized spacial score (nSPS) is 21.3. The molecular formula is C12H13Cl2NO3S. The summed E-state index contributed by atoms with van der Waals surface area (Å²) in [6, 6.07) is 4.79. The molecule has 0 saturated carbocycles. The van der Waals surface area contributed by atoms with Crippen LogP contribution in [-0.4, -0.2) is 25.8 Å². The number of nitrogens with one attached hydrogen (secondary N) is 1. The molecule has 0 aliphatic carbocycles. The van der Waals surface area contributed by atoms with Crippen molar-refractivity contribution in [3.63, 3.8) is 0 Å². The van der Waals surface area contributed by atoms with Gasteiger partial charge in [0.05, 0.1) is 22.2 Å². The van der Waals surface area contributed by atoms with Crippen LogP contribution in [0.25, 0.3) is 0 Å². The van der Waals surface area contributed by atoms with Gasteiger partial charge in [-0.15, -0.1) is 0 Å². The Labute approximate surface area is 122 Å². The van der Waals surface area contributed by atoms with Gasteiger partial charge in [0.15, 0.2) is 9.84 Å². The first-order valence-electron chi connectivity index (χ1n) is 5.81. The number of hydrogen-bond donors (Lipinski definition) is 1. The lowest BCUT2D eigenvalue weighted by Crippen LogP contribution is -2.17. The third-order valence-electron chi connectivity index (χ3n) is 3.01. The van der Waals surface area contributed by atoms with Crippen LogP contribution in [0.4, 0.5) is 5.69 Å². The van der Waals surface area contributed by atoms with Crippen LogP contribution in [0.2, 0.25) is 10.0 Å². The maximum atomic E-state index is 11.8. The fourth-order valence-corrected chi connectivity index (χ4v) is 4.40. The molecule has 2 rings (SSSR count). The molecule has 1 aliphatic heterocycles. The molecule has 1 amide bonds. The Bertz CT molecular complexity index is 601. The van der Waals surface area contributed by atoms with Crippen molar-refractivity contribution >= 4 is 44.6 Å². The van der Waals surface area contributed by atoms with Crippen LogP contribution in [0.15, 0.2) is 18.2 Å². The van der Waals surface area contributed by atoms with Crippen LogP contribution < -0.4 is 5.32 Å². The Hall–Kier alpha value is -0.780. The van der Waals surface area contributed by atoms with E-state index in [1.54, 1.807) is 18.2 Å². The van der Waals surface area contributed by atoms with Crippen LogP contribution >= 0.6 is 23.2 Å². The maximum Gasteiger partial charge on any atom is 0.224 e. The van der Waals surface area contributed by atoms with E-state index in [-0.39, 0.29) is 29.8 Å². The van der Waals surface area contributed by atoms with Crippen molar-refractivity contribution in [1.82, 2.24) is 0 Å². The van der Waals surface area contributed by atoms with Crippen molar-refractivity contribution in [2.75, 3.05) is 16.8 Å². The van der Waals surface area contributed by atoms with Gasteiger partial charge in [-0.1, -0.05) is 23.2 Å². The average Bonchev–Trinajstić information content (AvgIpc) is 2.62. The minimum atomic E-state index is -2.95. The second kappa shape index (κ2) is 5.69. The van der Waals surface area contributed by atoms with Crippen molar-refractivity contribution < 1.29 is 13.2 Å². The Balaban J connectivity index is 1.95. The molecule has 1 N–H and O–H groups in total. The second-order valence-corrected chi connectivity index (χ2v) is 7.72. The highest BCUT2D eigenvalue weighted by Gasteiger charge is 2.29. The monoisotopic (exact) mass is 321 g/mol. The molecule has 0 spiro atoms. The van der Waals surface area contributed by atoms with Gasteiger partial charge in [-0.25, -0.2) is 8.42 Å². The van der Waals surface area contributed by atoms with E-state index in [1.165, 1.54) is 0 Å². The number of benzene rings is 1. The third kappa shape index (κ3) is 4.09. The molecule has 1 atom stereocenters. The van der Waals surface area contributed by atoms with E-state index in [1.807, 2.05) is 0 Å². The molecule has 0 aromatic heterocycles. The topological polar surface area (TPSA) is 63.2 Å². The zero-order valence-electron chi connectivity index (χ0n) is 10.0. The number of carbonyl (C=O) groups excluding carboxylic acids is 1. The molecule has 0 bridgehead atoms. The zero-order valence-corrected chi connectivity index (χ0v) is 12.4. The molecule has 1 saturated heterocycles. The van der Waals surface area contributed by atoms with Crippen molar-refractivity contribution in [2.24, 2.45) is 5.92 Å². The number of rotatable bonds is 3. The maximum absolute atomic E-state index is 11.8. The Morgan fingerprint density at radius 2 is 2.11 bits per heavy atom. The van der Waals surface area contributed by atoms with Gasteiger partial charge in [0.25, 0.3) is 0 Å². The van der Waals surface area contributed by atoms with Crippen LogP contribution in [0.5, 0.6) is 0 Å². The summed E-state index contributed by atoms with van der Waals surface area (Å²) in [4.78, 5) is 11.8. The lowest BCUT2D eigenvalue weighted by Gasteiger charge is -2.10. The van der Waals surface area contributed by atoms with Crippen LogP contribution in [0.3, 0.4) is 0 Å². The van der Waals surface area contributed by atoms with E-state index in [0.717, 1.165) is 0 Å². The van der Waals surface area contributed by atoms with E-state index in [0.29, 0.717) is 22.2 Å². The highest BCUT2D eigenvalue weighted by molar-refractivity contribution is 7.91. The second-order valence-electron chi connectivity index (χ2n) is 4.65. The molecule has 1 fully saturated rings. The predicted molar refractivity (Wildman–Crippen MR) is 76.5 cm³/mol. The highest BCUT2D eigenvalue weighted by atomic mass is 35.5. The van der Waals surface area contributed by atoms with Gasteiger partial charge in [0.1, 0.15) is 0 Å². The standard InChI is InChI=1S/C12H13Cl2NO3S/c13-9-1-2-11(10(14)6-9)15-12(16)5-8-3-4-19(17,18)7-8/h1-2,6,8H,3-5,7H2,(H,15,16)/t8-/m0/s1. The van der Waals surface area contributed by atoms with Gasteiger partial charge < -0.3 is 5.32 Å². The van der Waals surface area contributed by atoms with E-state index in [4.69, 9.17) is 23.2 Å². The Kier molecular flexibility index (Phi) is 4.38. The van der Waals surface area contributed by atoms with Gasteiger partial charge in [-0.2, -0.15) is 0 Å². The molecule has 4 nitrogen and oxygen atoms in total.